The number of hydrogen-bond donors (Lipinski definition) is 1. The summed E-state index contributed by atoms with van der Waals surface area (Å²) in [5.41, 5.74) is 0.679. The van der Waals surface area contributed by atoms with Crippen molar-refractivity contribution in [2.45, 2.75) is 23.8 Å². The first-order valence-corrected chi connectivity index (χ1v) is 13.3. The highest BCUT2D eigenvalue weighted by atomic mass is 32.2. The van der Waals surface area contributed by atoms with Gasteiger partial charge in [-0.2, -0.15) is 15.6 Å². The van der Waals surface area contributed by atoms with Gasteiger partial charge in [-0.15, -0.1) is 0 Å². The molecule has 33 heavy (non-hydrogen) atoms. The van der Waals surface area contributed by atoms with Crippen molar-refractivity contribution in [2.75, 3.05) is 45.8 Å². The molecule has 1 aromatic heterocycles. The normalized spacial score (nSPS) is 18.9. The lowest BCUT2D eigenvalue weighted by Gasteiger charge is -2.36. The minimum Gasteiger partial charge on any atom is -0.349 e. The van der Waals surface area contributed by atoms with E-state index in [-0.39, 0.29) is 42.4 Å². The van der Waals surface area contributed by atoms with Crippen LogP contribution in [0.4, 0.5) is 4.39 Å². The maximum Gasteiger partial charge on any atom is 0.252 e. The number of benzene rings is 1. The molecule has 0 saturated carbocycles. The van der Waals surface area contributed by atoms with Crippen molar-refractivity contribution in [3.05, 3.63) is 52.5 Å². The molecular formula is C22H27FN4O4S2. The highest BCUT2D eigenvalue weighted by Gasteiger charge is 2.31. The van der Waals surface area contributed by atoms with E-state index >= 15 is 0 Å². The molecule has 2 amide bonds. The Morgan fingerprint density at radius 1 is 1.00 bits per heavy atom. The van der Waals surface area contributed by atoms with E-state index in [0.717, 1.165) is 38.1 Å². The lowest BCUT2D eigenvalue weighted by molar-refractivity contribution is -0.133. The van der Waals surface area contributed by atoms with Crippen LogP contribution in [-0.4, -0.2) is 86.2 Å². The number of piperidine rings is 1. The number of hydrogen-bond acceptors (Lipinski definition) is 6. The Balaban J connectivity index is 1.21. The highest BCUT2D eigenvalue weighted by molar-refractivity contribution is 7.89. The molecule has 2 saturated heterocycles. The Kier molecular flexibility index (Phi) is 7.42. The molecule has 8 nitrogen and oxygen atoms in total. The number of halogens is 1. The van der Waals surface area contributed by atoms with E-state index in [9.17, 15) is 22.4 Å². The molecule has 0 spiro atoms. The molecule has 0 bridgehead atoms. The van der Waals surface area contributed by atoms with Crippen LogP contribution in [0.5, 0.6) is 0 Å². The van der Waals surface area contributed by atoms with E-state index in [0.29, 0.717) is 18.7 Å². The van der Waals surface area contributed by atoms with Gasteiger partial charge in [0.1, 0.15) is 5.82 Å². The van der Waals surface area contributed by atoms with Gasteiger partial charge in [0.15, 0.2) is 0 Å². The van der Waals surface area contributed by atoms with Gasteiger partial charge >= 0.3 is 0 Å². The van der Waals surface area contributed by atoms with Crippen LogP contribution in [0.3, 0.4) is 0 Å². The molecule has 3 heterocycles. The van der Waals surface area contributed by atoms with Gasteiger partial charge in [-0.1, -0.05) is 0 Å². The van der Waals surface area contributed by atoms with Crippen molar-refractivity contribution in [3.63, 3.8) is 0 Å². The van der Waals surface area contributed by atoms with Gasteiger partial charge in [0.05, 0.1) is 11.4 Å². The number of sulfonamides is 1. The molecule has 0 aliphatic carbocycles. The van der Waals surface area contributed by atoms with Crippen LogP contribution >= 0.6 is 11.3 Å². The van der Waals surface area contributed by atoms with Crippen LogP contribution in [0.1, 0.15) is 23.2 Å². The molecule has 2 aliphatic rings. The second-order valence-corrected chi connectivity index (χ2v) is 11.0. The Hall–Kier alpha value is -2.34. The van der Waals surface area contributed by atoms with Crippen LogP contribution in [-0.2, 0) is 14.8 Å². The number of likely N-dealkylation sites (tertiary alicyclic amines) is 1. The zero-order chi connectivity index (χ0) is 23.4. The summed E-state index contributed by atoms with van der Waals surface area (Å²) in [5.74, 6) is -0.563. The minimum atomic E-state index is -3.70. The molecular weight excluding hydrogens is 467 g/mol. The Morgan fingerprint density at radius 3 is 2.27 bits per heavy atom. The lowest BCUT2D eigenvalue weighted by Crippen LogP contribution is -2.53. The standard InChI is InChI=1S/C22H27FN4O4S2/c23-18-1-3-20(4-2-18)33(30,31)27-12-10-26(11-13-27)21(28)15-25-8-5-19(6-9-25)24-22(29)17-7-14-32-16-17/h1-4,7,14,16,19H,5-6,8-13,15H2,(H,24,29). The average molecular weight is 495 g/mol. The third-order valence-corrected chi connectivity index (χ3v) is 8.70. The number of nitrogens with one attached hydrogen (secondary N) is 1. The molecule has 0 unspecified atom stereocenters. The van der Waals surface area contributed by atoms with E-state index in [1.807, 2.05) is 10.8 Å². The number of carbonyl (C=O) groups is 2. The number of rotatable bonds is 6. The maximum atomic E-state index is 13.1. The Morgan fingerprint density at radius 2 is 1.67 bits per heavy atom. The molecule has 2 aromatic rings. The fourth-order valence-corrected chi connectivity index (χ4v) is 6.18. The summed E-state index contributed by atoms with van der Waals surface area (Å²) in [5, 5.41) is 6.76. The topological polar surface area (TPSA) is 90.0 Å². The number of piperazine rings is 1. The molecule has 178 valence electrons. The van der Waals surface area contributed by atoms with Gasteiger partial charge < -0.3 is 10.2 Å². The van der Waals surface area contributed by atoms with E-state index in [1.54, 1.807) is 11.0 Å². The van der Waals surface area contributed by atoms with Crippen molar-refractivity contribution in [3.8, 4) is 0 Å². The third kappa shape index (κ3) is 5.78. The summed E-state index contributed by atoms with van der Waals surface area (Å²) in [4.78, 5) is 28.8. The van der Waals surface area contributed by atoms with Crippen LogP contribution < -0.4 is 5.32 Å². The average Bonchev–Trinajstić information content (AvgIpc) is 3.36. The molecule has 1 aromatic carbocycles. The molecule has 2 aliphatic heterocycles. The van der Waals surface area contributed by atoms with Crippen LogP contribution in [0.15, 0.2) is 46.0 Å². The van der Waals surface area contributed by atoms with Crippen molar-refractivity contribution >= 4 is 33.2 Å². The molecule has 1 N–H and O–H groups in total. The zero-order valence-corrected chi connectivity index (χ0v) is 19.8. The van der Waals surface area contributed by atoms with Crippen LogP contribution in [0.25, 0.3) is 0 Å². The van der Waals surface area contributed by atoms with Gasteiger partial charge in [-0.25, -0.2) is 12.8 Å². The van der Waals surface area contributed by atoms with Crippen molar-refractivity contribution in [2.24, 2.45) is 0 Å². The molecule has 0 atom stereocenters. The summed E-state index contributed by atoms with van der Waals surface area (Å²) >= 11 is 1.49. The van der Waals surface area contributed by atoms with Crippen molar-refractivity contribution in [1.29, 1.82) is 0 Å². The molecule has 2 fully saturated rings. The second-order valence-electron chi connectivity index (χ2n) is 8.27. The maximum absolute atomic E-state index is 13.1. The first-order chi connectivity index (χ1) is 15.8. The lowest BCUT2D eigenvalue weighted by atomic mass is 10.0. The zero-order valence-electron chi connectivity index (χ0n) is 18.2. The van der Waals surface area contributed by atoms with Crippen LogP contribution in [0.2, 0.25) is 0 Å². The second kappa shape index (κ2) is 10.3. The van der Waals surface area contributed by atoms with Crippen molar-refractivity contribution < 1.29 is 22.4 Å². The predicted octanol–water partition coefficient (Wildman–Crippen LogP) is 1.61. The van der Waals surface area contributed by atoms with Gasteiger partial charge in [0, 0.05) is 56.3 Å². The largest absolute Gasteiger partial charge is 0.349 e. The summed E-state index contributed by atoms with van der Waals surface area (Å²) < 4.78 is 39.9. The van der Waals surface area contributed by atoms with Crippen molar-refractivity contribution in [1.82, 2.24) is 19.4 Å². The molecule has 0 radical (unpaired) electrons. The Bertz CT molecular complexity index is 1060. The fourth-order valence-electron chi connectivity index (χ4n) is 4.12. The summed E-state index contributed by atoms with van der Waals surface area (Å²) in [6.45, 7) is 2.80. The minimum absolute atomic E-state index is 0.0189. The van der Waals surface area contributed by atoms with Gasteiger partial charge in [-0.3, -0.25) is 14.5 Å². The Labute approximate surface area is 197 Å². The van der Waals surface area contributed by atoms with Gasteiger partial charge in [0.2, 0.25) is 15.9 Å². The molecule has 4 rings (SSSR count). The number of nitrogens with zero attached hydrogens (tertiary/aromatic N) is 3. The number of carbonyl (C=O) groups excluding carboxylic acids is 2. The SMILES string of the molecule is O=C(NC1CCN(CC(=O)N2CCN(S(=O)(=O)c3ccc(F)cc3)CC2)CC1)c1ccsc1. The quantitative estimate of drug-likeness (QED) is 0.659. The fraction of sp³-hybridized carbons (Fsp3) is 0.455. The van der Waals surface area contributed by atoms with E-state index in [4.69, 9.17) is 0 Å². The smallest absolute Gasteiger partial charge is 0.252 e. The van der Waals surface area contributed by atoms with E-state index < -0.39 is 15.8 Å². The summed E-state index contributed by atoms with van der Waals surface area (Å²) in [6.07, 6.45) is 1.57. The van der Waals surface area contributed by atoms with E-state index in [1.165, 1.54) is 27.8 Å². The van der Waals surface area contributed by atoms with Gasteiger partial charge in [-0.05, 0) is 48.6 Å². The van der Waals surface area contributed by atoms with E-state index in [2.05, 4.69) is 10.2 Å². The highest BCUT2D eigenvalue weighted by Crippen LogP contribution is 2.19. The first kappa shape index (κ1) is 23.8. The monoisotopic (exact) mass is 494 g/mol. The summed E-state index contributed by atoms with van der Waals surface area (Å²) in [6, 6.07) is 6.68. The summed E-state index contributed by atoms with van der Waals surface area (Å²) in [7, 11) is -3.70. The first-order valence-electron chi connectivity index (χ1n) is 10.9. The third-order valence-electron chi connectivity index (χ3n) is 6.11. The number of thiophene rings is 1. The van der Waals surface area contributed by atoms with Crippen LogP contribution in [0, 0.1) is 5.82 Å². The predicted molar refractivity (Wildman–Crippen MR) is 123 cm³/mol. The van der Waals surface area contributed by atoms with Gasteiger partial charge in [0.25, 0.3) is 5.91 Å². The molecule has 11 heteroatoms. The number of amides is 2.